The van der Waals surface area contributed by atoms with Gasteiger partial charge in [-0.15, -0.1) is 0 Å². The van der Waals surface area contributed by atoms with Crippen LogP contribution in [0.5, 0.6) is 11.5 Å². The molecule has 4 aromatic rings. The fraction of sp³-hybridized carbons (Fsp3) is 0.486. The van der Waals surface area contributed by atoms with Crippen LogP contribution in [0.25, 0.3) is 22.6 Å². The molecule has 0 bridgehead atoms. The first kappa shape index (κ1) is 31.6. The Kier molecular flexibility index (Phi) is 9.05. The molecule has 0 saturated heterocycles. The van der Waals surface area contributed by atoms with E-state index in [1.807, 2.05) is 38.3 Å². The number of nitrogens with zero attached hydrogens (tertiary/aromatic N) is 4. The number of carbonyl (C=O) groups excluding carboxylic acids is 1. The molecular formula is C37H48N4O3. The highest BCUT2D eigenvalue weighted by molar-refractivity contribution is 6.06. The zero-order chi connectivity index (χ0) is 31.6. The Morgan fingerprint density at radius 1 is 0.977 bits per heavy atom. The molecule has 7 heteroatoms. The molecular weight excluding hydrogens is 548 g/mol. The highest BCUT2D eigenvalue weighted by atomic mass is 16.5. The van der Waals surface area contributed by atoms with E-state index < -0.39 is 0 Å². The molecule has 2 aromatic heterocycles. The molecule has 44 heavy (non-hydrogen) atoms. The van der Waals surface area contributed by atoms with Crippen molar-refractivity contribution in [2.24, 2.45) is 34.7 Å². The maximum atomic E-state index is 13.3. The van der Waals surface area contributed by atoms with E-state index in [0.717, 1.165) is 54.8 Å². The molecule has 1 fully saturated rings. The monoisotopic (exact) mass is 596 g/mol. The van der Waals surface area contributed by atoms with Gasteiger partial charge >= 0.3 is 0 Å². The van der Waals surface area contributed by atoms with Gasteiger partial charge in [-0.05, 0) is 60.4 Å². The fourth-order valence-electron chi connectivity index (χ4n) is 7.22. The highest BCUT2D eigenvalue weighted by Crippen LogP contribution is 2.43. The van der Waals surface area contributed by atoms with Crippen molar-refractivity contribution in [3.63, 3.8) is 0 Å². The van der Waals surface area contributed by atoms with Gasteiger partial charge in [-0.3, -0.25) is 9.79 Å². The van der Waals surface area contributed by atoms with E-state index in [2.05, 4.69) is 80.4 Å². The number of hydrogen-bond acceptors (Lipinski definition) is 5. The number of methoxy groups -OCH3 is 1. The molecule has 2 aromatic carbocycles. The SMILES string of the molecule is CC.COc1cc2c(cc1OCC(C)(C)CC(C)(C)Cn1c(-c3cccn3C)nc3ccccc31)N=CC1CCCC1C2=O. The number of fused-ring (bicyclic) bond motifs is 3. The first-order valence-corrected chi connectivity index (χ1v) is 16.1. The highest BCUT2D eigenvalue weighted by Gasteiger charge is 2.36. The minimum Gasteiger partial charge on any atom is -0.493 e. The van der Waals surface area contributed by atoms with Crippen molar-refractivity contribution in [2.45, 2.75) is 73.8 Å². The van der Waals surface area contributed by atoms with Crippen molar-refractivity contribution >= 4 is 28.7 Å². The second-order valence-corrected chi connectivity index (χ2v) is 13.7. The van der Waals surface area contributed by atoms with Gasteiger partial charge in [-0.1, -0.05) is 60.1 Å². The third-order valence-electron chi connectivity index (χ3n) is 8.85. The number of ketones is 1. The minimum atomic E-state index is -0.140. The van der Waals surface area contributed by atoms with Crippen molar-refractivity contribution in [3.05, 3.63) is 60.3 Å². The van der Waals surface area contributed by atoms with E-state index in [1.54, 1.807) is 7.11 Å². The van der Waals surface area contributed by atoms with Crippen molar-refractivity contribution < 1.29 is 14.3 Å². The van der Waals surface area contributed by atoms with E-state index in [9.17, 15) is 4.79 Å². The lowest BCUT2D eigenvalue weighted by Gasteiger charge is -2.35. The Balaban J connectivity index is 0.00000188. The van der Waals surface area contributed by atoms with Crippen LogP contribution < -0.4 is 9.47 Å². The molecule has 2 aliphatic rings. The standard InChI is InChI=1S/C35H42N4O3.C2H6/c1-34(2,21-39-28-14-8-7-13-26(28)37-33(39)29-15-10-16-38(29)5)20-35(3,4)22-42-31-18-27-25(17-30(31)41-6)32(40)24-12-9-11-23(24)19-36-27;1-2/h7-8,10,13-19,23-24H,9,11-12,20-22H2,1-6H3;1-2H3. The fourth-order valence-corrected chi connectivity index (χ4v) is 7.22. The molecule has 2 atom stereocenters. The minimum absolute atomic E-state index is 0.0300. The summed E-state index contributed by atoms with van der Waals surface area (Å²) < 4.78 is 16.6. The third-order valence-corrected chi connectivity index (χ3v) is 8.85. The summed E-state index contributed by atoms with van der Waals surface area (Å²) in [4.78, 5) is 23.1. The van der Waals surface area contributed by atoms with Crippen LogP contribution in [-0.4, -0.2) is 39.8 Å². The molecule has 7 nitrogen and oxygen atoms in total. The summed E-state index contributed by atoms with van der Waals surface area (Å²) in [5.41, 5.74) is 4.39. The Labute approximate surface area is 262 Å². The number of aliphatic imine (C=N–C) groups is 1. The van der Waals surface area contributed by atoms with Crippen LogP contribution in [0.2, 0.25) is 0 Å². The van der Waals surface area contributed by atoms with Gasteiger partial charge in [-0.2, -0.15) is 0 Å². The Morgan fingerprint density at radius 2 is 1.75 bits per heavy atom. The quantitative estimate of drug-likeness (QED) is 0.193. The third kappa shape index (κ3) is 6.33. The summed E-state index contributed by atoms with van der Waals surface area (Å²) in [6, 6.07) is 16.3. The second-order valence-electron chi connectivity index (χ2n) is 13.7. The average Bonchev–Trinajstić information content (AvgIpc) is 3.71. The van der Waals surface area contributed by atoms with Gasteiger partial charge in [0.25, 0.3) is 0 Å². The number of ether oxygens (including phenoxy) is 2. The maximum absolute atomic E-state index is 13.3. The van der Waals surface area contributed by atoms with Gasteiger partial charge < -0.3 is 18.6 Å². The molecule has 1 aliphatic heterocycles. The van der Waals surface area contributed by atoms with Crippen LogP contribution in [0.1, 0.15) is 77.6 Å². The van der Waals surface area contributed by atoms with Gasteiger partial charge in [-0.25, -0.2) is 4.98 Å². The molecule has 3 heterocycles. The summed E-state index contributed by atoms with van der Waals surface area (Å²) in [7, 11) is 3.69. The molecule has 234 valence electrons. The Bertz CT molecular complexity index is 1660. The van der Waals surface area contributed by atoms with Crippen LogP contribution >= 0.6 is 0 Å². The smallest absolute Gasteiger partial charge is 0.168 e. The van der Waals surface area contributed by atoms with Gasteiger partial charge in [0.1, 0.15) is 0 Å². The van der Waals surface area contributed by atoms with Crippen LogP contribution in [0, 0.1) is 22.7 Å². The van der Waals surface area contributed by atoms with Gasteiger partial charge in [0, 0.05) is 49.5 Å². The number of benzene rings is 2. The van der Waals surface area contributed by atoms with Gasteiger partial charge in [0.05, 0.1) is 36.1 Å². The van der Waals surface area contributed by atoms with E-state index in [4.69, 9.17) is 19.5 Å². The summed E-state index contributed by atoms with van der Waals surface area (Å²) >= 11 is 0. The van der Waals surface area contributed by atoms with E-state index >= 15 is 0 Å². The number of aryl methyl sites for hydroxylation is 1. The lowest BCUT2D eigenvalue weighted by Crippen LogP contribution is -2.31. The Morgan fingerprint density at radius 3 is 2.48 bits per heavy atom. The normalized spacial score (nSPS) is 18.0. The molecule has 1 saturated carbocycles. The average molecular weight is 597 g/mol. The lowest BCUT2D eigenvalue weighted by atomic mass is 9.75. The van der Waals surface area contributed by atoms with Gasteiger partial charge in [0.2, 0.25) is 0 Å². The van der Waals surface area contributed by atoms with Crippen molar-refractivity contribution in [3.8, 4) is 23.0 Å². The first-order valence-electron chi connectivity index (χ1n) is 16.1. The number of imidazole rings is 1. The summed E-state index contributed by atoms with van der Waals surface area (Å²) in [6.07, 6.45) is 8.01. The summed E-state index contributed by atoms with van der Waals surface area (Å²) in [5, 5.41) is 0. The Hall–Kier alpha value is -3.87. The topological polar surface area (TPSA) is 70.6 Å². The number of aromatic nitrogens is 3. The molecule has 1 aliphatic carbocycles. The van der Waals surface area contributed by atoms with Crippen LogP contribution in [0.4, 0.5) is 5.69 Å². The van der Waals surface area contributed by atoms with Crippen LogP contribution in [0.15, 0.2) is 59.7 Å². The van der Waals surface area contributed by atoms with Crippen molar-refractivity contribution in [1.82, 2.24) is 14.1 Å². The molecule has 0 spiro atoms. The molecule has 0 radical (unpaired) electrons. The van der Waals surface area contributed by atoms with Crippen LogP contribution in [-0.2, 0) is 13.6 Å². The summed E-state index contributed by atoms with van der Waals surface area (Å²) in [5.74, 6) is 2.64. The summed E-state index contributed by atoms with van der Waals surface area (Å²) in [6.45, 7) is 14.5. The zero-order valence-corrected chi connectivity index (χ0v) is 27.7. The number of Topliss-reactive ketones (excluding diaryl/α,β-unsaturated/α-hetero) is 1. The molecule has 0 N–H and O–H groups in total. The number of carbonyl (C=O) groups is 1. The molecule has 2 unspecified atom stereocenters. The van der Waals surface area contributed by atoms with Gasteiger partial charge in [0.15, 0.2) is 23.1 Å². The zero-order valence-electron chi connectivity index (χ0n) is 27.7. The predicted molar refractivity (Wildman–Crippen MR) is 179 cm³/mol. The first-order chi connectivity index (χ1) is 21.0. The lowest BCUT2D eigenvalue weighted by molar-refractivity contribution is 0.0911. The van der Waals surface area contributed by atoms with E-state index in [1.165, 1.54) is 0 Å². The van der Waals surface area contributed by atoms with Crippen LogP contribution in [0.3, 0.4) is 0 Å². The maximum Gasteiger partial charge on any atom is 0.168 e. The number of rotatable bonds is 9. The number of para-hydroxylation sites is 2. The van der Waals surface area contributed by atoms with Crippen molar-refractivity contribution in [1.29, 1.82) is 0 Å². The van der Waals surface area contributed by atoms with E-state index in [-0.39, 0.29) is 28.4 Å². The largest absolute Gasteiger partial charge is 0.493 e. The predicted octanol–water partition coefficient (Wildman–Crippen LogP) is 8.91. The number of hydrogen-bond donors (Lipinski definition) is 0. The van der Waals surface area contributed by atoms with Crippen molar-refractivity contribution in [2.75, 3.05) is 13.7 Å². The molecule has 0 amide bonds. The second kappa shape index (κ2) is 12.6. The van der Waals surface area contributed by atoms with E-state index in [0.29, 0.717) is 29.4 Å². The molecule has 6 rings (SSSR count).